The Labute approximate surface area is 110 Å². The van der Waals surface area contributed by atoms with Gasteiger partial charge in [-0.25, -0.2) is 0 Å². The molecule has 18 heavy (non-hydrogen) atoms. The van der Waals surface area contributed by atoms with E-state index in [1.165, 1.54) is 32.1 Å². The first-order valence-corrected chi connectivity index (χ1v) is 6.80. The van der Waals surface area contributed by atoms with Crippen LogP contribution in [-0.4, -0.2) is 11.9 Å². The van der Waals surface area contributed by atoms with Crippen LogP contribution in [0.5, 0.6) is 0 Å². The van der Waals surface area contributed by atoms with E-state index in [0.717, 1.165) is 5.69 Å². The molecular weight excluding hydrogens is 224 g/mol. The van der Waals surface area contributed by atoms with Crippen LogP contribution >= 0.6 is 0 Å². The summed E-state index contributed by atoms with van der Waals surface area (Å²) >= 11 is 0. The molecule has 0 saturated heterocycles. The van der Waals surface area contributed by atoms with E-state index >= 15 is 0 Å². The van der Waals surface area contributed by atoms with Crippen LogP contribution in [0.2, 0.25) is 0 Å². The molecule has 1 aromatic carbocycles. The Morgan fingerprint density at radius 1 is 1.22 bits per heavy atom. The number of nitrogens with two attached hydrogens (primary N) is 1. The van der Waals surface area contributed by atoms with E-state index < -0.39 is 0 Å². The lowest BCUT2D eigenvalue weighted by Gasteiger charge is -2.15. The highest BCUT2D eigenvalue weighted by molar-refractivity contribution is 5.93. The van der Waals surface area contributed by atoms with Crippen LogP contribution in [0.1, 0.15) is 56.3 Å². The molecular formula is C15H24N2O. The van der Waals surface area contributed by atoms with E-state index in [9.17, 15) is 4.79 Å². The fraction of sp³-hybridized carbons (Fsp3) is 0.533. The molecule has 0 heterocycles. The van der Waals surface area contributed by atoms with Crippen molar-refractivity contribution >= 4 is 11.6 Å². The van der Waals surface area contributed by atoms with Crippen LogP contribution in [-0.2, 0) is 0 Å². The molecule has 0 aliphatic rings. The van der Waals surface area contributed by atoms with Crippen molar-refractivity contribution in [2.24, 2.45) is 5.73 Å². The molecule has 0 bridgehead atoms. The number of amides is 1. The molecule has 1 unspecified atom stereocenters. The largest absolute Gasteiger partial charge is 0.383 e. The van der Waals surface area contributed by atoms with Gasteiger partial charge in [0.1, 0.15) is 0 Å². The third kappa shape index (κ3) is 5.21. The van der Waals surface area contributed by atoms with E-state index in [0.29, 0.717) is 11.6 Å². The van der Waals surface area contributed by atoms with Gasteiger partial charge in [0.2, 0.25) is 5.91 Å². The fourth-order valence-corrected chi connectivity index (χ4v) is 1.96. The molecule has 0 aromatic heterocycles. The second-order valence-corrected chi connectivity index (χ2v) is 4.84. The summed E-state index contributed by atoms with van der Waals surface area (Å²) in [5.74, 6) is -0.380. The van der Waals surface area contributed by atoms with Gasteiger partial charge in [0.05, 0.1) is 0 Å². The molecule has 1 aromatic rings. The summed E-state index contributed by atoms with van der Waals surface area (Å²) in [6.07, 6.45) is 6.35. The molecule has 1 rings (SSSR count). The van der Waals surface area contributed by atoms with Crippen LogP contribution in [0, 0.1) is 0 Å². The Balaban J connectivity index is 2.35. The van der Waals surface area contributed by atoms with Crippen LogP contribution in [0.25, 0.3) is 0 Å². The van der Waals surface area contributed by atoms with Crippen LogP contribution in [0.4, 0.5) is 5.69 Å². The number of anilines is 1. The third-order valence-electron chi connectivity index (χ3n) is 3.07. The number of rotatable bonds is 8. The molecule has 0 saturated carbocycles. The average Bonchev–Trinajstić information content (AvgIpc) is 2.35. The number of nitrogens with one attached hydrogen (secondary N) is 1. The first-order chi connectivity index (χ1) is 8.63. The Morgan fingerprint density at radius 3 is 2.44 bits per heavy atom. The number of primary amides is 1. The van der Waals surface area contributed by atoms with Crippen molar-refractivity contribution in [2.75, 3.05) is 5.32 Å². The van der Waals surface area contributed by atoms with Crippen molar-refractivity contribution < 1.29 is 4.79 Å². The SMILES string of the molecule is CCCCCCC(C)Nc1ccc(C(N)=O)cc1. The molecule has 3 heteroatoms. The van der Waals surface area contributed by atoms with Crippen LogP contribution in [0.15, 0.2) is 24.3 Å². The second kappa shape index (κ2) is 7.75. The molecule has 1 amide bonds. The van der Waals surface area contributed by atoms with Crippen molar-refractivity contribution in [1.82, 2.24) is 0 Å². The number of carbonyl (C=O) groups excluding carboxylic acids is 1. The van der Waals surface area contributed by atoms with Crippen molar-refractivity contribution in [3.05, 3.63) is 29.8 Å². The molecule has 3 nitrogen and oxygen atoms in total. The van der Waals surface area contributed by atoms with Gasteiger partial charge >= 0.3 is 0 Å². The topological polar surface area (TPSA) is 55.1 Å². The Bertz CT molecular complexity index is 359. The molecule has 0 aliphatic heterocycles. The Morgan fingerprint density at radius 2 is 1.89 bits per heavy atom. The molecule has 100 valence electrons. The summed E-state index contributed by atoms with van der Waals surface area (Å²) in [5, 5.41) is 3.43. The minimum Gasteiger partial charge on any atom is -0.383 e. The molecule has 1 atom stereocenters. The lowest BCUT2D eigenvalue weighted by molar-refractivity contribution is 0.100. The van der Waals surface area contributed by atoms with Crippen molar-refractivity contribution in [2.45, 2.75) is 52.0 Å². The summed E-state index contributed by atoms with van der Waals surface area (Å²) in [7, 11) is 0. The zero-order valence-electron chi connectivity index (χ0n) is 11.4. The standard InChI is InChI=1S/C15H24N2O/c1-3-4-5-6-7-12(2)17-14-10-8-13(9-11-14)15(16)18/h8-12,17H,3-7H2,1-2H3,(H2,16,18). The van der Waals surface area contributed by atoms with Gasteiger partial charge in [-0.15, -0.1) is 0 Å². The van der Waals surface area contributed by atoms with Gasteiger partial charge in [0.25, 0.3) is 0 Å². The highest BCUT2D eigenvalue weighted by Crippen LogP contribution is 2.13. The minimum absolute atomic E-state index is 0.380. The first kappa shape index (κ1) is 14.6. The first-order valence-electron chi connectivity index (χ1n) is 6.80. The molecule has 3 N–H and O–H groups in total. The van der Waals surface area contributed by atoms with Gasteiger partial charge < -0.3 is 11.1 Å². The smallest absolute Gasteiger partial charge is 0.248 e. The van der Waals surface area contributed by atoms with Crippen molar-refractivity contribution in [1.29, 1.82) is 0 Å². The number of carbonyl (C=O) groups is 1. The predicted octanol–water partition coefficient (Wildman–Crippen LogP) is 3.56. The monoisotopic (exact) mass is 248 g/mol. The zero-order valence-corrected chi connectivity index (χ0v) is 11.4. The highest BCUT2D eigenvalue weighted by Gasteiger charge is 2.03. The average molecular weight is 248 g/mol. The summed E-state index contributed by atoms with van der Waals surface area (Å²) in [6, 6.07) is 7.79. The number of benzene rings is 1. The number of hydrogen-bond acceptors (Lipinski definition) is 2. The summed E-state index contributed by atoms with van der Waals surface area (Å²) in [4.78, 5) is 10.9. The minimum atomic E-state index is -0.380. The van der Waals surface area contributed by atoms with Crippen molar-refractivity contribution in [3.8, 4) is 0 Å². The predicted molar refractivity (Wildman–Crippen MR) is 76.8 cm³/mol. The van der Waals surface area contributed by atoms with Gasteiger partial charge in [-0.3, -0.25) is 4.79 Å². The molecule has 0 spiro atoms. The Hall–Kier alpha value is -1.51. The number of hydrogen-bond donors (Lipinski definition) is 2. The lowest BCUT2D eigenvalue weighted by Crippen LogP contribution is -2.15. The van der Waals surface area contributed by atoms with E-state index in [1.54, 1.807) is 12.1 Å². The summed E-state index contributed by atoms with van der Waals surface area (Å²) in [5.41, 5.74) is 6.80. The highest BCUT2D eigenvalue weighted by atomic mass is 16.1. The van der Waals surface area contributed by atoms with Gasteiger partial charge in [-0.05, 0) is 37.6 Å². The maximum atomic E-state index is 10.9. The van der Waals surface area contributed by atoms with Gasteiger partial charge in [0.15, 0.2) is 0 Å². The lowest BCUT2D eigenvalue weighted by atomic mass is 10.1. The summed E-state index contributed by atoms with van der Waals surface area (Å²) in [6.45, 7) is 4.41. The van der Waals surface area contributed by atoms with E-state index in [1.807, 2.05) is 12.1 Å². The maximum absolute atomic E-state index is 10.9. The zero-order chi connectivity index (χ0) is 13.4. The van der Waals surface area contributed by atoms with Crippen molar-refractivity contribution in [3.63, 3.8) is 0 Å². The molecule has 0 radical (unpaired) electrons. The quantitative estimate of drug-likeness (QED) is 0.691. The maximum Gasteiger partial charge on any atom is 0.248 e. The number of unbranched alkanes of at least 4 members (excludes halogenated alkanes) is 3. The van der Waals surface area contributed by atoms with Crippen LogP contribution < -0.4 is 11.1 Å². The van der Waals surface area contributed by atoms with Crippen LogP contribution in [0.3, 0.4) is 0 Å². The molecule has 0 fully saturated rings. The fourth-order valence-electron chi connectivity index (χ4n) is 1.96. The molecule has 0 aliphatic carbocycles. The van der Waals surface area contributed by atoms with Gasteiger partial charge in [-0.1, -0.05) is 32.6 Å². The van der Waals surface area contributed by atoms with E-state index in [2.05, 4.69) is 19.2 Å². The summed E-state index contributed by atoms with van der Waals surface area (Å²) < 4.78 is 0. The Kier molecular flexibility index (Phi) is 6.26. The van der Waals surface area contributed by atoms with E-state index in [4.69, 9.17) is 5.73 Å². The van der Waals surface area contributed by atoms with E-state index in [-0.39, 0.29) is 5.91 Å². The van der Waals surface area contributed by atoms with Gasteiger partial charge in [-0.2, -0.15) is 0 Å². The normalized spacial score (nSPS) is 12.1. The third-order valence-corrected chi connectivity index (χ3v) is 3.07. The van der Waals surface area contributed by atoms with Gasteiger partial charge in [0, 0.05) is 17.3 Å². The second-order valence-electron chi connectivity index (χ2n) is 4.84.